The van der Waals surface area contributed by atoms with Crippen molar-refractivity contribution >= 4 is 46.4 Å². The van der Waals surface area contributed by atoms with Gasteiger partial charge in [0.1, 0.15) is 11.4 Å². The van der Waals surface area contributed by atoms with E-state index in [9.17, 15) is 9.18 Å². The summed E-state index contributed by atoms with van der Waals surface area (Å²) < 4.78 is 13.3. The van der Waals surface area contributed by atoms with Gasteiger partial charge in [0.25, 0.3) is 0 Å². The van der Waals surface area contributed by atoms with E-state index in [4.69, 9.17) is 34.0 Å². The van der Waals surface area contributed by atoms with E-state index in [0.717, 1.165) is 0 Å². The van der Waals surface area contributed by atoms with Gasteiger partial charge in [-0.05, 0) is 18.2 Å². The van der Waals surface area contributed by atoms with E-state index in [1.165, 1.54) is 24.4 Å². The number of anilines is 3. The molecule has 2 rings (SSSR count). The number of nitrogens with two attached hydrogens (primary N) is 1. The van der Waals surface area contributed by atoms with E-state index >= 15 is 0 Å². The van der Waals surface area contributed by atoms with Gasteiger partial charge in [0.15, 0.2) is 5.82 Å². The van der Waals surface area contributed by atoms with Crippen molar-refractivity contribution in [2.75, 3.05) is 11.1 Å². The van der Waals surface area contributed by atoms with Gasteiger partial charge in [-0.1, -0.05) is 23.2 Å². The highest BCUT2D eigenvalue weighted by Gasteiger charge is 2.14. The monoisotopic (exact) mass is 315 g/mol. The Morgan fingerprint density at radius 1 is 1.30 bits per heavy atom. The lowest BCUT2D eigenvalue weighted by molar-refractivity contribution is 0.0697. The van der Waals surface area contributed by atoms with Crippen molar-refractivity contribution in [2.45, 2.75) is 0 Å². The summed E-state index contributed by atoms with van der Waals surface area (Å²) in [6, 6.07) is 3.79. The molecule has 0 aliphatic heterocycles. The Morgan fingerprint density at radius 3 is 2.45 bits per heavy atom. The lowest BCUT2D eigenvalue weighted by Crippen LogP contribution is -2.06. The molecule has 0 bridgehead atoms. The van der Waals surface area contributed by atoms with Crippen molar-refractivity contribution in [3.63, 3.8) is 0 Å². The molecule has 104 valence electrons. The van der Waals surface area contributed by atoms with Crippen LogP contribution in [0.3, 0.4) is 0 Å². The summed E-state index contributed by atoms with van der Waals surface area (Å²) in [6.07, 6.45) is 1.29. The molecule has 0 aliphatic rings. The van der Waals surface area contributed by atoms with Crippen LogP contribution in [0.2, 0.25) is 10.0 Å². The maximum atomic E-state index is 13.3. The molecule has 0 unspecified atom stereocenters. The molecule has 1 heterocycles. The van der Waals surface area contributed by atoms with Crippen molar-refractivity contribution < 1.29 is 14.3 Å². The predicted molar refractivity (Wildman–Crippen MR) is 75.3 cm³/mol. The Morgan fingerprint density at radius 2 is 1.90 bits per heavy atom. The second-order valence-corrected chi connectivity index (χ2v) is 4.66. The first-order valence-electron chi connectivity index (χ1n) is 5.29. The highest BCUT2D eigenvalue weighted by atomic mass is 35.5. The minimum atomic E-state index is -1.20. The number of aromatic nitrogens is 1. The SMILES string of the molecule is Nc1cnc(Nc2cc(Cl)c(F)c(Cl)c2)c(C(=O)O)c1. The summed E-state index contributed by atoms with van der Waals surface area (Å²) in [7, 11) is 0. The summed E-state index contributed by atoms with van der Waals surface area (Å²) in [5.41, 5.74) is 5.88. The first-order valence-corrected chi connectivity index (χ1v) is 6.04. The number of benzene rings is 1. The molecule has 20 heavy (non-hydrogen) atoms. The predicted octanol–water partition coefficient (Wildman–Crippen LogP) is 3.55. The fourth-order valence-electron chi connectivity index (χ4n) is 1.51. The number of nitrogen functional groups attached to an aromatic ring is 1. The van der Waals surface area contributed by atoms with Crippen LogP contribution in [-0.4, -0.2) is 16.1 Å². The number of hydrogen-bond acceptors (Lipinski definition) is 4. The number of nitrogens with zero attached hydrogens (tertiary/aromatic N) is 1. The van der Waals surface area contributed by atoms with Gasteiger partial charge in [0.05, 0.1) is 21.9 Å². The fourth-order valence-corrected chi connectivity index (χ4v) is 2.00. The van der Waals surface area contributed by atoms with Gasteiger partial charge in [-0.15, -0.1) is 0 Å². The van der Waals surface area contributed by atoms with Crippen LogP contribution >= 0.6 is 23.2 Å². The molecular weight excluding hydrogens is 308 g/mol. The van der Waals surface area contributed by atoms with E-state index in [0.29, 0.717) is 5.69 Å². The third kappa shape index (κ3) is 2.92. The second-order valence-electron chi connectivity index (χ2n) is 3.85. The third-order valence-corrected chi connectivity index (χ3v) is 2.94. The smallest absolute Gasteiger partial charge is 0.339 e. The summed E-state index contributed by atoms with van der Waals surface area (Å²) in [4.78, 5) is 15.0. The Kier molecular flexibility index (Phi) is 3.96. The highest BCUT2D eigenvalue weighted by molar-refractivity contribution is 6.35. The van der Waals surface area contributed by atoms with Crippen LogP contribution in [0, 0.1) is 5.82 Å². The van der Waals surface area contributed by atoms with Crippen LogP contribution < -0.4 is 11.1 Å². The molecule has 2 aromatic rings. The van der Waals surface area contributed by atoms with Gasteiger partial charge in [-0.2, -0.15) is 0 Å². The Balaban J connectivity index is 2.42. The maximum absolute atomic E-state index is 13.3. The number of aromatic carboxylic acids is 1. The molecule has 1 aromatic heterocycles. The molecule has 0 fully saturated rings. The van der Waals surface area contributed by atoms with Gasteiger partial charge < -0.3 is 16.2 Å². The van der Waals surface area contributed by atoms with E-state index in [-0.39, 0.29) is 27.1 Å². The Bertz CT molecular complexity index is 671. The zero-order valence-corrected chi connectivity index (χ0v) is 11.3. The molecule has 8 heteroatoms. The number of rotatable bonds is 3. The minimum Gasteiger partial charge on any atom is -0.478 e. The van der Waals surface area contributed by atoms with E-state index in [1.807, 2.05) is 0 Å². The Hall–Kier alpha value is -2.05. The van der Waals surface area contributed by atoms with Crippen LogP contribution in [0.4, 0.5) is 21.6 Å². The van der Waals surface area contributed by atoms with E-state index < -0.39 is 11.8 Å². The lowest BCUT2D eigenvalue weighted by atomic mass is 10.2. The summed E-state index contributed by atoms with van der Waals surface area (Å²) in [6.45, 7) is 0. The zero-order valence-electron chi connectivity index (χ0n) is 9.82. The number of hydrogen-bond donors (Lipinski definition) is 3. The van der Waals surface area contributed by atoms with E-state index in [2.05, 4.69) is 10.3 Å². The summed E-state index contributed by atoms with van der Waals surface area (Å²) >= 11 is 11.3. The molecule has 5 nitrogen and oxygen atoms in total. The highest BCUT2D eigenvalue weighted by Crippen LogP contribution is 2.29. The van der Waals surface area contributed by atoms with Crippen LogP contribution in [0.25, 0.3) is 0 Å². The molecule has 0 amide bonds. The molecule has 0 radical (unpaired) electrons. The minimum absolute atomic E-state index is 0.0467. The van der Waals surface area contributed by atoms with Crippen LogP contribution in [-0.2, 0) is 0 Å². The molecule has 4 N–H and O–H groups in total. The van der Waals surface area contributed by atoms with Crippen molar-refractivity contribution in [2.24, 2.45) is 0 Å². The number of carbonyl (C=O) groups is 1. The van der Waals surface area contributed by atoms with Crippen molar-refractivity contribution in [1.29, 1.82) is 0 Å². The number of pyridine rings is 1. The normalized spacial score (nSPS) is 10.3. The quantitative estimate of drug-likeness (QED) is 0.754. The van der Waals surface area contributed by atoms with Crippen LogP contribution in [0.5, 0.6) is 0 Å². The van der Waals surface area contributed by atoms with Crippen molar-refractivity contribution in [1.82, 2.24) is 4.98 Å². The molecule has 0 saturated carbocycles. The number of carboxylic acids is 1. The standard InChI is InChI=1S/C12H8Cl2FN3O2/c13-8-2-6(3-9(14)10(8)15)18-11-7(12(19)20)1-5(16)4-17-11/h1-4H,16H2,(H,17,18)(H,19,20). The second kappa shape index (κ2) is 5.52. The molecule has 0 aliphatic carbocycles. The molecule has 0 saturated heterocycles. The largest absolute Gasteiger partial charge is 0.478 e. The van der Waals surface area contributed by atoms with Crippen molar-refractivity contribution in [3.8, 4) is 0 Å². The Labute approximate surface area is 123 Å². The topological polar surface area (TPSA) is 88.2 Å². The number of nitrogens with one attached hydrogen (secondary N) is 1. The van der Waals surface area contributed by atoms with Crippen molar-refractivity contribution in [3.05, 3.63) is 45.8 Å². The number of carboxylic acid groups (broad SMARTS) is 1. The van der Waals surface area contributed by atoms with Gasteiger partial charge in [0, 0.05) is 5.69 Å². The first kappa shape index (κ1) is 14.4. The fraction of sp³-hybridized carbons (Fsp3) is 0. The zero-order chi connectivity index (χ0) is 14.9. The lowest BCUT2D eigenvalue weighted by Gasteiger charge is -2.10. The third-order valence-electron chi connectivity index (χ3n) is 2.39. The average Bonchev–Trinajstić information content (AvgIpc) is 2.37. The van der Waals surface area contributed by atoms with Crippen LogP contribution in [0.15, 0.2) is 24.4 Å². The number of halogens is 3. The maximum Gasteiger partial charge on any atom is 0.339 e. The molecule has 1 aromatic carbocycles. The first-order chi connectivity index (χ1) is 9.38. The van der Waals surface area contributed by atoms with Gasteiger partial charge in [0.2, 0.25) is 0 Å². The molecule has 0 atom stereocenters. The average molecular weight is 316 g/mol. The van der Waals surface area contributed by atoms with Crippen LogP contribution in [0.1, 0.15) is 10.4 Å². The van der Waals surface area contributed by atoms with E-state index in [1.54, 1.807) is 0 Å². The van der Waals surface area contributed by atoms with Gasteiger partial charge in [-0.25, -0.2) is 14.2 Å². The molecule has 0 spiro atoms. The molecular formula is C12H8Cl2FN3O2. The van der Waals surface area contributed by atoms with Gasteiger partial charge >= 0.3 is 5.97 Å². The summed E-state index contributed by atoms with van der Waals surface area (Å²) in [5.74, 6) is -1.90. The summed E-state index contributed by atoms with van der Waals surface area (Å²) in [5, 5.41) is 11.4. The van der Waals surface area contributed by atoms with Gasteiger partial charge in [-0.3, -0.25) is 0 Å².